The molecule has 2 heterocycles. The molecule has 1 aromatic carbocycles. The maximum absolute atomic E-state index is 12.9. The Labute approximate surface area is 142 Å². The second-order valence-corrected chi connectivity index (χ2v) is 8.49. The van der Waals surface area contributed by atoms with Crippen LogP contribution < -0.4 is 0 Å². The van der Waals surface area contributed by atoms with Gasteiger partial charge in [-0.15, -0.1) is 11.3 Å². The zero-order chi connectivity index (χ0) is 16.4. The topological polar surface area (TPSA) is 33.2 Å². The van der Waals surface area contributed by atoms with Crippen LogP contribution >= 0.6 is 11.3 Å². The SMILES string of the molecule is CC(C)(C)CC1CCCN1C(=O)c1cnc(-c2ccccc2)s1. The summed E-state index contributed by atoms with van der Waals surface area (Å²) >= 11 is 1.50. The van der Waals surface area contributed by atoms with Gasteiger partial charge in [-0.05, 0) is 24.7 Å². The minimum absolute atomic E-state index is 0.149. The molecule has 3 nitrogen and oxygen atoms in total. The van der Waals surface area contributed by atoms with Crippen molar-refractivity contribution in [1.29, 1.82) is 0 Å². The minimum atomic E-state index is 0.149. The van der Waals surface area contributed by atoms with Crippen LogP contribution in [0.1, 0.15) is 49.7 Å². The molecule has 0 radical (unpaired) electrons. The van der Waals surface area contributed by atoms with Gasteiger partial charge < -0.3 is 4.90 Å². The van der Waals surface area contributed by atoms with E-state index in [1.165, 1.54) is 11.3 Å². The van der Waals surface area contributed by atoms with E-state index in [1.54, 1.807) is 6.20 Å². The Morgan fingerprint density at radius 2 is 2.04 bits per heavy atom. The van der Waals surface area contributed by atoms with Crippen LogP contribution in [-0.4, -0.2) is 28.4 Å². The molecule has 1 saturated heterocycles. The molecule has 2 aromatic rings. The molecule has 0 bridgehead atoms. The maximum atomic E-state index is 12.9. The largest absolute Gasteiger partial charge is 0.335 e. The van der Waals surface area contributed by atoms with Crippen molar-refractivity contribution in [3.8, 4) is 10.6 Å². The molecule has 0 aliphatic carbocycles. The molecule has 1 fully saturated rings. The highest BCUT2D eigenvalue weighted by Crippen LogP contribution is 2.32. The molecule has 1 aromatic heterocycles. The number of benzene rings is 1. The zero-order valence-electron chi connectivity index (χ0n) is 14.1. The van der Waals surface area contributed by atoms with Crippen molar-refractivity contribution in [3.05, 3.63) is 41.4 Å². The van der Waals surface area contributed by atoms with Crippen molar-refractivity contribution in [1.82, 2.24) is 9.88 Å². The van der Waals surface area contributed by atoms with Gasteiger partial charge in [-0.3, -0.25) is 4.79 Å². The van der Waals surface area contributed by atoms with E-state index in [1.807, 2.05) is 30.3 Å². The van der Waals surface area contributed by atoms with Gasteiger partial charge in [0.05, 0.1) is 6.20 Å². The predicted octanol–water partition coefficient (Wildman–Crippen LogP) is 4.85. The van der Waals surface area contributed by atoms with Gasteiger partial charge in [0.2, 0.25) is 0 Å². The molecule has 4 heteroatoms. The fourth-order valence-electron chi connectivity index (χ4n) is 3.25. The molecule has 1 unspecified atom stereocenters. The summed E-state index contributed by atoms with van der Waals surface area (Å²) in [5, 5.41) is 0.917. The number of thiazole rings is 1. The molecule has 1 atom stereocenters. The lowest BCUT2D eigenvalue weighted by molar-refractivity contribution is 0.0709. The van der Waals surface area contributed by atoms with E-state index >= 15 is 0 Å². The number of aromatic nitrogens is 1. The normalized spacial score (nSPS) is 18.4. The number of hydrogen-bond acceptors (Lipinski definition) is 3. The highest BCUT2D eigenvalue weighted by molar-refractivity contribution is 7.16. The summed E-state index contributed by atoms with van der Waals surface area (Å²) < 4.78 is 0. The van der Waals surface area contributed by atoms with Gasteiger partial charge in [0.25, 0.3) is 5.91 Å². The molecule has 122 valence electrons. The van der Waals surface area contributed by atoms with E-state index in [2.05, 4.69) is 30.7 Å². The number of carbonyl (C=O) groups excluding carboxylic acids is 1. The number of nitrogens with zero attached hydrogens (tertiary/aromatic N) is 2. The summed E-state index contributed by atoms with van der Waals surface area (Å²) in [4.78, 5) is 20.2. The smallest absolute Gasteiger partial charge is 0.265 e. The van der Waals surface area contributed by atoms with Crippen molar-refractivity contribution < 1.29 is 4.79 Å². The summed E-state index contributed by atoms with van der Waals surface area (Å²) in [7, 11) is 0. The molecular weight excluding hydrogens is 304 g/mol. The quantitative estimate of drug-likeness (QED) is 0.807. The molecule has 0 saturated carbocycles. The van der Waals surface area contributed by atoms with Crippen LogP contribution in [0.3, 0.4) is 0 Å². The highest BCUT2D eigenvalue weighted by atomic mass is 32.1. The first-order valence-electron chi connectivity index (χ1n) is 8.26. The second kappa shape index (κ2) is 6.44. The summed E-state index contributed by atoms with van der Waals surface area (Å²) in [5.41, 5.74) is 1.32. The second-order valence-electron chi connectivity index (χ2n) is 7.46. The van der Waals surface area contributed by atoms with Crippen LogP contribution in [0.15, 0.2) is 36.5 Å². The molecule has 1 aliphatic heterocycles. The third kappa shape index (κ3) is 3.81. The Bertz CT molecular complexity index is 672. The number of amides is 1. The lowest BCUT2D eigenvalue weighted by Gasteiger charge is -2.30. The standard InChI is InChI=1S/C19H24N2OS/c1-19(2,3)12-15-10-7-11-21(15)18(22)16-13-20-17(23-16)14-8-5-4-6-9-14/h4-6,8-9,13,15H,7,10-12H2,1-3H3. The number of carbonyl (C=O) groups is 1. The van der Waals surface area contributed by atoms with Crippen LogP contribution in [0.2, 0.25) is 0 Å². The molecule has 0 N–H and O–H groups in total. The molecule has 23 heavy (non-hydrogen) atoms. The van der Waals surface area contributed by atoms with Crippen LogP contribution in [-0.2, 0) is 0 Å². The van der Waals surface area contributed by atoms with Crippen LogP contribution in [0.5, 0.6) is 0 Å². The van der Waals surface area contributed by atoms with Gasteiger partial charge in [0.1, 0.15) is 9.88 Å². The number of likely N-dealkylation sites (tertiary alicyclic amines) is 1. The fourth-order valence-corrected chi connectivity index (χ4v) is 4.13. The van der Waals surface area contributed by atoms with Gasteiger partial charge in [-0.25, -0.2) is 4.98 Å². The molecule has 1 aliphatic rings. The summed E-state index contributed by atoms with van der Waals surface area (Å²) in [6.07, 6.45) is 5.02. The van der Waals surface area contributed by atoms with Gasteiger partial charge in [0.15, 0.2) is 0 Å². The Hall–Kier alpha value is -1.68. The number of rotatable bonds is 3. The van der Waals surface area contributed by atoms with Crippen LogP contribution in [0.4, 0.5) is 0 Å². The van der Waals surface area contributed by atoms with E-state index in [-0.39, 0.29) is 11.3 Å². The van der Waals surface area contributed by atoms with Crippen molar-refractivity contribution in [2.24, 2.45) is 5.41 Å². The first kappa shape index (κ1) is 16.2. The third-order valence-electron chi connectivity index (χ3n) is 4.22. The summed E-state index contributed by atoms with van der Waals surface area (Å²) in [5.74, 6) is 0.149. The van der Waals surface area contributed by atoms with Crippen molar-refractivity contribution in [2.75, 3.05) is 6.54 Å². The summed E-state index contributed by atoms with van der Waals surface area (Å²) in [6.45, 7) is 7.61. The van der Waals surface area contributed by atoms with Gasteiger partial charge >= 0.3 is 0 Å². The van der Waals surface area contributed by atoms with E-state index < -0.39 is 0 Å². The van der Waals surface area contributed by atoms with E-state index in [0.717, 1.165) is 41.3 Å². The van der Waals surface area contributed by atoms with Crippen molar-refractivity contribution in [3.63, 3.8) is 0 Å². The Balaban J connectivity index is 1.77. The van der Waals surface area contributed by atoms with Gasteiger partial charge in [-0.1, -0.05) is 51.1 Å². The van der Waals surface area contributed by atoms with Gasteiger partial charge in [-0.2, -0.15) is 0 Å². The first-order valence-corrected chi connectivity index (χ1v) is 9.08. The monoisotopic (exact) mass is 328 g/mol. The fraction of sp³-hybridized carbons (Fsp3) is 0.474. The lowest BCUT2D eigenvalue weighted by Crippen LogP contribution is -2.37. The van der Waals surface area contributed by atoms with Crippen LogP contribution in [0, 0.1) is 5.41 Å². The zero-order valence-corrected chi connectivity index (χ0v) is 14.9. The third-order valence-corrected chi connectivity index (χ3v) is 5.26. The predicted molar refractivity (Wildman–Crippen MR) is 95.7 cm³/mol. The molecule has 0 spiro atoms. The Kier molecular flexibility index (Phi) is 4.53. The Morgan fingerprint density at radius 1 is 1.30 bits per heavy atom. The highest BCUT2D eigenvalue weighted by Gasteiger charge is 2.33. The maximum Gasteiger partial charge on any atom is 0.265 e. The minimum Gasteiger partial charge on any atom is -0.335 e. The average Bonchev–Trinajstić information content (AvgIpc) is 3.15. The lowest BCUT2D eigenvalue weighted by atomic mass is 9.87. The Morgan fingerprint density at radius 3 is 2.74 bits per heavy atom. The average molecular weight is 328 g/mol. The van der Waals surface area contributed by atoms with Gasteiger partial charge in [0, 0.05) is 18.2 Å². The van der Waals surface area contributed by atoms with Crippen molar-refractivity contribution >= 4 is 17.2 Å². The molecular formula is C19H24N2OS. The van der Waals surface area contributed by atoms with E-state index in [9.17, 15) is 4.79 Å². The molecule has 3 rings (SSSR count). The van der Waals surface area contributed by atoms with E-state index in [0.29, 0.717) is 6.04 Å². The number of hydrogen-bond donors (Lipinski definition) is 0. The molecule has 1 amide bonds. The summed E-state index contributed by atoms with van der Waals surface area (Å²) in [6, 6.07) is 10.4. The van der Waals surface area contributed by atoms with E-state index in [4.69, 9.17) is 0 Å². The van der Waals surface area contributed by atoms with Crippen molar-refractivity contribution in [2.45, 2.75) is 46.1 Å². The first-order chi connectivity index (χ1) is 10.9. The van der Waals surface area contributed by atoms with Crippen LogP contribution in [0.25, 0.3) is 10.6 Å².